The van der Waals surface area contributed by atoms with Crippen LogP contribution in [0.3, 0.4) is 0 Å². The van der Waals surface area contributed by atoms with Crippen LogP contribution in [0.1, 0.15) is 47.0 Å². The third kappa shape index (κ3) is 4.37. The second-order valence-electron chi connectivity index (χ2n) is 8.13. The highest BCUT2D eigenvalue weighted by molar-refractivity contribution is 5.92. The number of carbonyl (C=O) groups excluding carboxylic acids is 1. The molecule has 1 aliphatic rings. The summed E-state index contributed by atoms with van der Waals surface area (Å²) in [7, 11) is 0. The number of likely N-dealkylation sites (tertiary alicyclic amines) is 1. The normalized spacial score (nSPS) is 15.2. The summed E-state index contributed by atoms with van der Waals surface area (Å²) in [6, 6.07) is 8.95. The predicted molar refractivity (Wildman–Crippen MR) is 118 cm³/mol. The molecule has 30 heavy (non-hydrogen) atoms. The molecule has 6 nitrogen and oxygen atoms in total. The van der Waals surface area contributed by atoms with E-state index in [2.05, 4.69) is 52.8 Å². The van der Waals surface area contributed by atoms with E-state index in [4.69, 9.17) is 0 Å². The highest BCUT2D eigenvalue weighted by Gasteiger charge is 2.22. The van der Waals surface area contributed by atoms with Crippen molar-refractivity contribution in [2.24, 2.45) is 0 Å². The van der Waals surface area contributed by atoms with Gasteiger partial charge in [-0.15, -0.1) is 0 Å². The lowest BCUT2D eigenvalue weighted by Gasteiger charge is -2.31. The molecule has 1 saturated heterocycles. The summed E-state index contributed by atoms with van der Waals surface area (Å²) in [5.74, 6) is 0.0733. The molecular formula is C24H29N5O. The van der Waals surface area contributed by atoms with Crippen molar-refractivity contribution in [1.29, 1.82) is 0 Å². The molecular weight excluding hydrogens is 374 g/mol. The summed E-state index contributed by atoms with van der Waals surface area (Å²) < 4.78 is 4.16. The van der Waals surface area contributed by atoms with Crippen LogP contribution in [0.2, 0.25) is 0 Å². The van der Waals surface area contributed by atoms with Crippen LogP contribution in [0.5, 0.6) is 0 Å². The van der Waals surface area contributed by atoms with E-state index >= 15 is 0 Å². The number of carbonyl (C=O) groups is 1. The lowest BCUT2D eigenvalue weighted by atomic mass is 10.0. The quantitative estimate of drug-likeness (QED) is 0.607. The topological polar surface area (TPSA) is 56.0 Å². The molecule has 0 aliphatic carbocycles. The van der Waals surface area contributed by atoms with E-state index in [1.165, 1.54) is 11.1 Å². The molecule has 0 bridgehead atoms. The Labute approximate surface area is 177 Å². The van der Waals surface area contributed by atoms with Crippen molar-refractivity contribution in [2.75, 3.05) is 13.1 Å². The van der Waals surface area contributed by atoms with Crippen molar-refractivity contribution < 1.29 is 4.79 Å². The average molecular weight is 404 g/mol. The van der Waals surface area contributed by atoms with E-state index in [0.29, 0.717) is 6.04 Å². The van der Waals surface area contributed by atoms with Crippen molar-refractivity contribution in [2.45, 2.75) is 46.2 Å². The third-order valence-corrected chi connectivity index (χ3v) is 6.01. The molecule has 6 heteroatoms. The van der Waals surface area contributed by atoms with Gasteiger partial charge in [-0.3, -0.25) is 9.48 Å². The van der Waals surface area contributed by atoms with Gasteiger partial charge in [0, 0.05) is 48.9 Å². The van der Waals surface area contributed by atoms with Crippen molar-refractivity contribution in [3.8, 4) is 0 Å². The number of benzene rings is 1. The van der Waals surface area contributed by atoms with Gasteiger partial charge >= 0.3 is 0 Å². The Morgan fingerprint density at radius 1 is 1.13 bits per heavy atom. The second kappa shape index (κ2) is 8.69. The van der Waals surface area contributed by atoms with Crippen LogP contribution in [-0.2, 0) is 11.3 Å². The van der Waals surface area contributed by atoms with Gasteiger partial charge in [0.25, 0.3) is 0 Å². The summed E-state index contributed by atoms with van der Waals surface area (Å²) in [6.07, 6.45) is 11.2. The molecule has 1 aliphatic heterocycles. The Kier molecular flexibility index (Phi) is 5.84. The number of hydrogen-bond acceptors (Lipinski definition) is 3. The van der Waals surface area contributed by atoms with Gasteiger partial charge in [0.15, 0.2) is 0 Å². The molecule has 0 spiro atoms. The summed E-state index contributed by atoms with van der Waals surface area (Å²) in [5.41, 5.74) is 5.53. The van der Waals surface area contributed by atoms with Crippen LogP contribution in [0, 0.1) is 20.8 Å². The molecule has 156 valence electrons. The molecule has 1 aromatic carbocycles. The third-order valence-electron chi connectivity index (χ3n) is 6.01. The van der Waals surface area contributed by atoms with Crippen LogP contribution in [0.25, 0.3) is 6.08 Å². The number of amides is 1. The van der Waals surface area contributed by atoms with Gasteiger partial charge in [-0.05, 0) is 45.3 Å². The fourth-order valence-electron chi connectivity index (χ4n) is 4.10. The Balaban J connectivity index is 1.39. The van der Waals surface area contributed by atoms with Gasteiger partial charge in [-0.1, -0.05) is 29.8 Å². The molecule has 1 fully saturated rings. The summed E-state index contributed by atoms with van der Waals surface area (Å²) in [4.78, 5) is 18.8. The molecule has 4 rings (SSSR count). The Bertz CT molecular complexity index is 1020. The van der Waals surface area contributed by atoms with E-state index in [9.17, 15) is 4.79 Å². The highest BCUT2D eigenvalue weighted by atomic mass is 16.2. The van der Waals surface area contributed by atoms with Crippen molar-refractivity contribution >= 4 is 12.0 Å². The van der Waals surface area contributed by atoms with Crippen LogP contribution >= 0.6 is 0 Å². The molecule has 0 atom stereocenters. The Morgan fingerprint density at radius 3 is 2.53 bits per heavy atom. The van der Waals surface area contributed by atoms with Gasteiger partial charge in [0.05, 0.1) is 18.6 Å². The molecule has 3 heterocycles. The van der Waals surface area contributed by atoms with E-state index in [1.54, 1.807) is 6.08 Å². The lowest BCUT2D eigenvalue weighted by Crippen LogP contribution is -2.38. The van der Waals surface area contributed by atoms with E-state index in [1.807, 2.05) is 41.3 Å². The molecule has 0 saturated carbocycles. The zero-order valence-corrected chi connectivity index (χ0v) is 18.0. The number of rotatable bonds is 5. The molecule has 0 N–H and O–H groups in total. The van der Waals surface area contributed by atoms with Gasteiger partial charge in [-0.25, -0.2) is 4.98 Å². The minimum absolute atomic E-state index is 0.0733. The van der Waals surface area contributed by atoms with E-state index in [-0.39, 0.29) is 5.91 Å². The van der Waals surface area contributed by atoms with E-state index in [0.717, 1.165) is 49.4 Å². The number of piperidine rings is 1. The maximum absolute atomic E-state index is 12.7. The number of aromatic nitrogens is 4. The molecule has 1 amide bonds. The maximum Gasteiger partial charge on any atom is 0.246 e. The highest BCUT2D eigenvalue weighted by Crippen LogP contribution is 2.23. The monoisotopic (exact) mass is 403 g/mol. The zero-order chi connectivity index (χ0) is 21.1. The first kappa shape index (κ1) is 20.1. The molecule has 0 radical (unpaired) electrons. The minimum Gasteiger partial charge on any atom is -0.339 e. The number of imidazole rings is 1. The molecule has 2 aromatic heterocycles. The first-order chi connectivity index (χ1) is 14.5. The van der Waals surface area contributed by atoms with E-state index < -0.39 is 0 Å². The lowest BCUT2D eigenvalue weighted by molar-refractivity contribution is -0.127. The minimum atomic E-state index is 0.0733. The SMILES string of the molecule is Cc1ccc(Cn2nc(C)c(C=CC(=O)N3CCC(n4ccnc4)CC3)c2C)cc1. The largest absolute Gasteiger partial charge is 0.339 e. The van der Waals surface area contributed by atoms with Crippen LogP contribution < -0.4 is 0 Å². The average Bonchev–Trinajstić information content (AvgIpc) is 3.37. The molecule has 3 aromatic rings. The summed E-state index contributed by atoms with van der Waals surface area (Å²) in [5, 5.41) is 4.69. The van der Waals surface area contributed by atoms with Crippen molar-refractivity contribution in [3.05, 3.63) is 77.1 Å². The maximum atomic E-state index is 12.7. The fourth-order valence-corrected chi connectivity index (χ4v) is 4.10. The van der Waals surface area contributed by atoms with Gasteiger partial charge < -0.3 is 9.47 Å². The van der Waals surface area contributed by atoms with Gasteiger partial charge in [0.1, 0.15) is 0 Å². The fraction of sp³-hybridized carbons (Fsp3) is 0.375. The van der Waals surface area contributed by atoms with Gasteiger partial charge in [0.2, 0.25) is 5.91 Å². The van der Waals surface area contributed by atoms with Crippen molar-refractivity contribution in [3.63, 3.8) is 0 Å². The molecule has 0 unspecified atom stereocenters. The van der Waals surface area contributed by atoms with Crippen LogP contribution in [0.15, 0.2) is 49.1 Å². The number of hydrogen-bond donors (Lipinski definition) is 0. The predicted octanol–water partition coefficient (Wildman–Crippen LogP) is 3.93. The van der Waals surface area contributed by atoms with Gasteiger partial charge in [-0.2, -0.15) is 5.10 Å². The smallest absolute Gasteiger partial charge is 0.246 e. The Hall–Kier alpha value is -3.15. The second-order valence-corrected chi connectivity index (χ2v) is 8.13. The summed E-state index contributed by atoms with van der Waals surface area (Å²) in [6.45, 7) is 8.44. The Morgan fingerprint density at radius 2 is 1.87 bits per heavy atom. The summed E-state index contributed by atoms with van der Waals surface area (Å²) >= 11 is 0. The number of aryl methyl sites for hydroxylation is 2. The first-order valence-electron chi connectivity index (χ1n) is 10.6. The van der Waals surface area contributed by atoms with Crippen LogP contribution in [0.4, 0.5) is 0 Å². The van der Waals surface area contributed by atoms with Crippen molar-refractivity contribution in [1.82, 2.24) is 24.2 Å². The van der Waals surface area contributed by atoms with Crippen LogP contribution in [-0.4, -0.2) is 43.2 Å². The number of nitrogens with zero attached hydrogens (tertiary/aromatic N) is 5. The zero-order valence-electron chi connectivity index (χ0n) is 18.0. The first-order valence-corrected chi connectivity index (χ1v) is 10.6. The standard InChI is InChI=1S/C24H29N5O/c1-18-4-6-21(7-5-18)16-29-20(3)23(19(2)26-29)8-9-24(30)27-13-10-22(11-14-27)28-15-12-25-17-28/h4-9,12,15,17,22H,10-11,13-14,16H2,1-3H3.